The Kier molecular flexibility index (Phi) is 39.7. The van der Waals surface area contributed by atoms with Crippen LogP contribution in [0.4, 0.5) is 0 Å². The van der Waals surface area contributed by atoms with E-state index in [0.717, 1.165) is 96.3 Å². The van der Waals surface area contributed by atoms with Gasteiger partial charge in [0, 0.05) is 12.8 Å². The molecule has 0 radical (unpaired) electrons. The molecule has 0 aromatic heterocycles. The summed E-state index contributed by atoms with van der Waals surface area (Å²) in [6.07, 6.45) is 53.1. The van der Waals surface area contributed by atoms with Crippen molar-refractivity contribution in [1.82, 2.24) is 0 Å². The van der Waals surface area contributed by atoms with Crippen LogP contribution in [0.3, 0.4) is 0 Å². The van der Waals surface area contributed by atoms with Gasteiger partial charge in [-0.3, -0.25) is 14.4 Å². The van der Waals surface area contributed by atoms with Crippen LogP contribution in [0.2, 0.25) is 0 Å². The van der Waals surface area contributed by atoms with Crippen molar-refractivity contribution in [2.75, 3.05) is 13.2 Å². The molecular formula is C48H78O6. The van der Waals surface area contributed by atoms with Crippen molar-refractivity contribution in [3.05, 3.63) is 85.1 Å². The fourth-order valence-corrected chi connectivity index (χ4v) is 5.41. The molecule has 0 spiro atoms. The van der Waals surface area contributed by atoms with E-state index in [1.807, 2.05) is 6.08 Å². The summed E-state index contributed by atoms with van der Waals surface area (Å²) in [5.41, 5.74) is 0. The van der Waals surface area contributed by atoms with Gasteiger partial charge in [0.05, 0.1) is 6.42 Å². The fraction of sp³-hybridized carbons (Fsp3) is 0.646. The number of esters is 3. The summed E-state index contributed by atoms with van der Waals surface area (Å²) in [4.78, 5) is 37.5. The molecule has 0 aliphatic heterocycles. The second-order valence-corrected chi connectivity index (χ2v) is 13.9. The highest BCUT2D eigenvalue weighted by Gasteiger charge is 2.19. The number of unbranched alkanes of at least 4 members (excludes halogenated alkanes) is 13. The van der Waals surface area contributed by atoms with E-state index >= 15 is 0 Å². The maximum atomic E-state index is 12.7. The van der Waals surface area contributed by atoms with Gasteiger partial charge in [0.1, 0.15) is 13.2 Å². The van der Waals surface area contributed by atoms with E-state index in [9.17, 15) is 14.4 Å². The molecule has 0 rings (SSSR count). The third-order valence-electron chi connectivity index (χ3n) is 8.67. The minimum absolute atomic E-state index is 0.113. The molecule has 0 bridgehead atoms. The number of ether oxygens (including phenoxy) is 3. The van der Waals surface area contributed by atoms with Crippen molar-refractivity contribution >= 4 is 17.9 Å². The van der Waals surface area contributed by atoms with Gasteiger partial charge in [-0.05, 0) is 70.6 Å². The van der Waals surface area contributed by atoms with Crippen LogP contribution in [0.1, 0.15) is 181 Å². The molecule has 0 aliphatic rings. The zero-order valence-electron chi connectivity index (χ0n) is 34.7. The van der Waals surface area contributed by atoms with Crippen molar-refractivity contribution in [2.45, 2.75) is 187 Å². The lowest BCUT2D eigenvalue weighted by Crippen LogP contribution is -2.30. The standard InChI is InChI=1S/C48H78O6/c1-4-7-10-13-16-18-20-22-24-26-27-29-32-35-38-41-47(50)53-44-45(43-52-46(49)40-37-34-31-15-12-9-6-3)54-48(51)42-39-36-33-30-28-25-23-21-19-17-14-11-8-5-2/h7,10,14,16-18,21-24,27,29,35,38,45H,4-6,8-9,11-13,15,19-20,25-26,28,30-34,36-37,39-44H2,1-3H3/b10-7-,17-14-,18-16-,23-21-,24-22-,29-27-,38-35-. The van der Waals surface area contributed by atoms with Crippen LogP contribution in [0.25, 0.3) is 0 Å². The van der Waals surface area contributed by atoms with Crippen LogP contribution in [0, 0.1) is 0 Å². The highest BCUT2D eigenvalue weighted by atomic mass is 16.6. The molecule has 306 valence electrons. The van der Waals surface area contributed by atoms with Gasteiger partial charge >= 0.3 is 17.9 Å². The van der Waals surface area contributed by atoms with E-state index in [-0.39, 0.29) is 31.6 Å². The highest BCUT2D eigenvalue weighted by molar-refractivity contribution is 5.72. The van der Waals surface area contributed by atoms with E-state index in [2.05, 4.69) is 93.7 Å². The van der Waals surface area contributed by atoms with Gasteiger partial charge in [-0.2, -0.15) is 0 Å². The average molecular weight is 751 g/mol. The minimum Gasteiger partial charge on any atom is -0.462 e. The summed E-state index contributed by atoms with van der Waals surface area (Å²) in [5, 5.41) is 0. The van der Waals surface area contributed by atoms with Gasteiger partial charge in [0.15, 0.2) is 6.10 Å². The maximum Gasteiger partial charge on any atom is 0.309 e. The van der Waals surface area contributed by atoms with Crippen molar-refractivity contribution < 1.29 is 28.6 Å². The Hall–Kier alpha value is -3.41. The van der Waals surface area contributed by atoms with Crippen LogP contribution < -0.4 is 0 Å². The monoisotopic (exact) mass is 751 g/mol. The first-order valence-corrected chi connectivity index (χ1v) is 21.6. The number of allylic oxidation sites excluding steroid dienone is 13. The normalized spacial score (nSPS) is 12.9. The topological polar surface area (TPSA) is 78.9 Å². The van der Waals surface area contributed by atoms with E-state index in [0.29, 0.717) is 12.8 Å². The first kappa shape index (κ1) is 50.6. The SMILES string of the molecule is CC/C=C\C/C=C\C/C=C\C/C=C\C/C=C\CC(=O)OCC(COC(=O)CCCCCCCCC)OC(=O)CCCCCCC/C=C\C/C=C\CCCC. The smallest absolute Gasteiger partial charge is 0.309 e. The Morgan fingerprint density at radius 3 is 1.35 bits per heavy atom. The summed E-state index contributed by atoms with van der Waals surface area (Å²) in [6.45, 7) is 6.30. The Morgan fingerprint density at radius 1 is 0.407 bits per heavy atom. The van der Waals surface area contributed by atoms with Crippen molar-refractivity contribution in [1.29, 1.82) is 0 Å². The minimum atomic E-state index is -0.818. The molecule has 0 N–H and O–H groups in total. The molecule has 0 fully saturated rings. The summed E-state index contributed by atoms with van der Waals surface area (Å²) in [7, 11) is 0. The van der Waals surface area contributed by atoms with Gasteiger partial charge in [-0.1, -0.05) is 176 Å². The number of carbonyl (C=O) groups is 3. The fourth-order valence-electron chi connectivity index (χ4n) is 5.41. The first-order valence-electron chi connectivity index (χ1n) is 21.6. The number of hydrogen-bond donors (Lipinski definition) is 0. The predicted octanol–water partition coefficient (Wildman–Crippen LogP) is 13.7. The predicted molar refractivity (Wildman–Crippen MR) is 228 cm³/mol. The van der Waals surface area contributed by atoms with E-state index in [4.69, 9.17) is 14.2 Å². The van der Waals surface area contributed by atoms with Crippen molar-refractivity contribution in [3.63, 3.8) is 0 Å². The van der Waals surface area contributed by atoms with Crippen LogP contribution in [0.5, 0.6) is 0 Å². The lowest BCUT2D eigenvalue weighted by atomic mass is 10.1. The third kappa shape index (κ3) is 39.8. The lowest BCUT2D eigenvalue weighted by Gasteiger charge is -2.18. The van der Waals surface area contributed by atoms with Gasteiger partial charge < -0.3 is 14.2 Å². The Bertz CT molecular complexity index is 1090. The number of hydrogen-bond acceptors (Lipinski definition) is 6. The number of rotatable bonds is 37. The largest absolute Gasteiger partial charge is 0.462 e. The third-order valence-corrected chi connectivity index (χ3v) is 8.67. The zero-order valence-corrected chi connectivity index (χ0v) is 34.7. The molecule has 1 atom stereocenters. The van der Waals surface area contributed by atoms with Crippen molar-refractivity contribution in [3.8, 4) is 0 Å². The van der Waals surface area contributed by atoms with Gasteiger partial charge in [-0.25, -0.2) is 0 Å². The first-order chi connectivity index (χ1) is 26.5. The molecule has 0 aromatic carbocycles. The van der Waals surface area contributed by atoms with Gasteiger partial charge in [0.2, 0.25) is 0 Å². The number of carbonyl (C=O) groups excluding carboxylic acids is 3. The summed E-state index contributed by atoms with van der Waals surface area (Å²) < 4.78 is 16.5. The van der Waals surface area contributed by atoms with E-state index in [1.165, 1.54) is 44.9 Å². The second-order valence-electron chi connectivity index (χ2n) is 13.9. The van der Waals surface area contributed by atoms with E-state index in [1.54, 1.807) is 6.08 Å². The highest BCUT2D eigenvalue weighted by Crippen LogP contribution is 2.12. The van der Waals surface area contributed by atoms with Crippen molar-refractivity contribution in [2.24, 2.45) is 0 Å². The molecule has 0 saturated heterocycles. The van der Waals surface area contributed by atoms with Crippen LogP contribution in [0.15, 0.2) is 85.1 Å². The molecule has 0 aliphatic carbocycles. The van der Waals surface area contributed by atoms with E-state index < -0.39 is 12.1 Å². The molecule has 0 amide bonds. The molecule has 6 nitrogen and oxygen atoms in total. The van der Waals surface area contributed by atoms with Gasteiger partial charge in [0.25, 0.3) is 0 Å². The molecule has 0 heterocycles. The molecule has 0 saturated carbocycles. The summed E-state index contributed by atoms with van der Waals surface area (Å²) in [5.74, 6) is -1.08. The quantitative estimate of drug-likeness (QED) is 0.0272. The lowest BCUT2D eigenvalue weighted by molar-refractivity contribution is -0.166. The maximum absolute atomic E-state index is 12.7. The van der Waals surface area contributed by atoms with Gasteiger partial charge in [-0.15, -0.1) is 0 Å². The summed E-state index contributed by atoms with van der Waals surface area (Å²) >= 11 is 0. The Labute approximate surface area is 331 Å². The average Bonchev–Trinajstić information content (AvgIpc) is 3.17. The van der Waals surface area contributed by atoms with Crippen LogP contribution in [-0.4, -0.2) is 37.2 Å². The second kappa shape index (κ2) is 42.3. The molecule has 1 unspecified atom stereocenters. The molecule has 54 heavy (non-hydrogen) atoms. The molecular weight excluding hydrogens is 673 g/mol. The van der Waals surface area contributed by atoms with Crippen LogP contribution in [-0.2, 0) is 28.6 Å². The molecule has 6 heteroatoms. The Balaban J connectivity index is 4.51. The zero-order chi connectivity index (χ0) is 39.4. The van der Waals surface area contributed by atoms with Crippen LogP contribution >= 0.6 is 0 Å². The molecule has 0 aromatic rings. The Morgan fingerprint density at radius 2 is 0.815 bits per heavy atom. The summed E-state index contributed by atoms with van der Waals surface area (Å²) in [6, 6.07) is 0.